The van der Waals surface area contributed by atoms with Gasteiger partial charge in [-0.1, -0.05) is 50.2 Å². The minimum absolute atomic E-state index is 0.275. The van der Waals surface area contributed by atoms with Gasteiger partial charge < -0.3 is 5.32 Å². The molecule has 7 heteroatoms. The van der Waals surface area contributed by atoms with Crippen molar-refractivity contribution in [2.75, 3.05) is 17.0 Å². The third kappa shape index (κ3) is 4.02. The first-order valence-electron chi connectivity index (χ1n) is 9.91. The maximum Gasteiger partial charge on any atom is 0.183 e. The molecule has 1 aliphatic rings. The lowest BCUT2D eigenvalue weighted by atomic mass is 9.97. The number of aldehydes is 1. The molecule has 2 aromatic carbocycles. The highest BCUT2D eigenvalue weighted by Crippen LogP contribution is 2.35. The molecule has 0 saturated heterocycles. The van der Waals surface area contributed by atoms with Crippen LogP contribution in [0.25, 0.3) is 11.4 Å². The van der Waals surface area contributed by atoms with E-state index >= 15 is 0 Å². The van der Waals surface area contributed by atoms with Gasteiger partial charge in [-0.05, 0) is 35.6 Å². The van der Waals surface area contributed by atoms with Crippen LogP contribution in [0.2, 0.25) is 0 Å². The number of hydrogen-bond donors (Lipinski definition) is 1. The van der Waals surface area contributed by atoms with Gasteiger partial charge in [0.1, 0.15) is 11.5 Å². The highest BCUT2D eigenvalue weighted by atomic mass is 19.1. The number of rotatable bonds is 7. The van der Waals surface area contributed by atoms with Crippen molar-refractivity contribution in [3.63, 3.8) is 0 Å². The molecule has 154 valence electrons. The Labute approximate surface area is 174 Å². The van der Waals surface area contributed by atoms with Gasteiger partial charge in [0.05, 0.1) is 12.8 Å². The summed E-state index contributed by atoms with van der Waals surface area (Å²) in [5.41, 5.74) is 3.54. The van der Waals surface area contributed by atoms with Crippen LogP contribution in [0.4, 0.5) is 15.9 Å². The third-order valence-corrected chi connectivity index (χ3v) is 5.00. The van der Waals surface area contributed by atoms with E-state index < -0.39 is 6.17 Å². The molecule has 0 unspecified atom stereocenters. The molecule has 0 spiro atoms. The molecule has 1 atom stereocenters. The molecule has 0 amide bonds. The van der Waals surface area contributed by atoms with Crippen molar-refractivity contribution < 1.29 is 14.0 Å². The molecule has 6 nitrogen and oxygen atoms in total. The highest BCUT2D eigenvalue weighted by Gasteiger charge is 2.32. The minimum Gasteiger partial charge on any atom is -0.353 e. The zero-order valence-electron chi connectivity index (χ0n) is 16.9. The van der Waals surface area contributed by atoms with Gasteiger partial charge in [0.25, 0.3) is 0 Å². The molecular formula is C23H23FN4O2. The first-order chi connectivity index (χ1) is 14.6. The van der Waals surface area contributed by atoms with E-state index in [4.69, 9.17) is 9.82 Å². The SMILES string of the molecule is CC(C)c1ccccc1-c1ncc2c(n1)N(OCCc1cccc(F)c1)[C@@H](C=O)N2. The number of hydroxylamine groups is 1. The number of aromatic nitrogens is 2. The summed E-state index contributed by atoms with van der Waals surface area (Å²) in [7, 11) is 0. The molecule has 30 heavy (non-hydrogen) atoms. The largest absolute Gasteiger partial charge is 0.353 e. The summed E-state index contributed by atoms with van der Waals surface area (Å²) in [5.74, 6) is 1.12. The second-order valence-electron chi connectivity index (χ2n) is 7.44. The Hall–Kier alpha value is -3.32. The quantitative estimate of drug-likeness (QED) is 0.589. The normalized spacial score (nSPS) is 15.2. The molecule has 4 rings (SSSR count). The highest BCUT2D eigenvalue weighted by molar-refractivity contribution is 5.81. The van der Waals surface area contributed by atoms with Crippen LogP contribution < -0.4 is 10.4 Å². The molecule has 1 N–H and O–H groups in total. The summed E-state index contributed by atoms with van der Waals surface area (Å²) < 4.78 is 13.4. The standard InChI is InChI=1S/C23H23FN4O2/c1-15(2)18-8-3-4-9-19(18)22-25-13-20-23(27-22)28(21(14-29)26-20)30-11-10-16-6-5-7-17(24)12-16/h3-9,12-15,21,26H,10-11H2,1-2H3/t21-/m0/s1. The zero-order chi connectivity index (χ0) is 21.1. The maximum atomic E-state index is 13.4. The van der Waals surface area contributed by atoms with Gasteiger partial charge in [0.15, 0.2) is 24.1 Å². The number of benzene rings is 2. The number of nitrogens with one attached hydrogen (secondary N) is 1. The first-order valence-corrected chi connectivity index (χ1v) is 9.91. The van der Waals surface area contributed by atoms with Crippen LogP contribution in [-0.4, -0.2) is 29.0 Å². The summed E-state index contributed by atoms with van der Waals surface area (Å²) in [6.07, 6.45) is 2.23. The summed E-state index contributed by atoms with van der Waals surface area (Å²) in [6, 6.07) is 14.4. The molecule has 0 saturated carbocycles. The van der Waals surface area contributed by atoms with E-state index in [1.807, 2.05) is 24.3 Å². The monoisotopic (exact) mass is 406 g/mol. The lowest BCUT2D eigenvalue weighted by molar-refractivity contribution is -0.110. The fourth-order valence-corrected chi connectivity index (χ4v) is 3.51. The van der Waals surface area contributed by atoms with Crippen molar-refractivity contribution in [2.45, 2.75) is 32.4 Å². The predicted molar refractivity (Wildman–Crippen MR) is 114 cm³/mol. The Kier molecular flexibility index (Phi) is 5.72. The topological polar surface area (TPSA) is 67.3 Å². The van der Waals surface area contributed by atoms with Gasteiger partial charge in [-0.25, -0.2) is 19.4 Å². The van der Waals surface area contributed by atoms with Crippen LogP contribution in [-0.2, 0) is 16.1 Å². The molecule has 1 aromatic heterocycles. The Balaban J connectivity index is 1.58. The fourth-order valence-electron chi connectivity index (χ4n) is 3.51. The molecule has 0 fully saturated rings. The maximum absolute atomic E-state index is 13.4. The van der Waals surface area contributed by atoms with Crippen LogP contribution in [0, 0.1) is 5.82 Å². The summed E-state index contributed by atoms with van der Waals surface area (Å²) in [6.45, 7) is 4.52. The number of hydrogen-bond acceptors (Lipinski definition) is 6. The number of nitrogens with zero attached hydrogens (tertiary/aromatic N) is 3. The van der Waals surface area contributed by atoms with Crippen LogP contribution in [0.3, 0.4) is 0 Å². The number of carbonyl (C=O) groups excluding carboxylic acids is 1. The minimum atomic E-state index is -0.697. The number of halogens is 1. The molecule has 1 aliphatic heterocycles. The second-order valence-corrected chi connectivity index (χ2v) is 7.44. The van der Waals surface area contributed by atoms with Gasteiger partial charge in [-0.3, -0.25) is 9.63 Å². The average Bonchev–Trinajstić information content (AvgIpc) is 3.11. The fraction of sp³-hybridized carbons (Fsp3) is 0.261. The number of carbonyl (C=O) groups is 1. The first kappa shape index (κ1) is 20.0. The van der Waals surface area contributed by atoms with E-state index in [9.17, 15) is 9.18 Å². The lowest BCUT2D eigenvalue weighted by Crippen LogP contribution is -2.37. The lowest BCUT2D eigenvalue weighted by Gasteiger charge is -2.21. The van der Waals surface area contributed by atoms with Gasteiger partial charge in [-0.15, -0.1) is 0 Å². The third-order valence-electron chi connectivity index (χ3n) is 5.00. The van der Waals surface area contributed by atoms with E-state index in [1.54, 1.807) is 12.3 Å². The Morgan fingerprint density at radius 3 is 2.83 bits per heavy atom. The van der Waals surface area contributed by atoms with Crippen molar-refractivity contribution >= 4 is 17.8 Å². The molecule has 0 aliphatic carbocycles. The van der Waals surface area contributed by atoms with Gasteiger partial charge >= 0.3 is 0 Å². The van der Waals surface area contributed by atoms with E-state index in [-0.39, 0.29) is 12.4 Å². The molecule has 3 aromatic rings. The van der Waals surface area contributed by atoms with Gasteiger partial charge in [0.2, 0.25) is 0 Å². The van der Waals surface area contributed by atoms with Crippen LogP contribution >= 0.6 is 0 Å². The number of anilines is 2. The van der Waals surface area contributed by atoms with Crippen LogP contribution in [0.1, 0.15) is 30.9 Å². The number of fused-ring (bicyclic) bond motifs is 1. The van der Waals surface area contributed by atoms with Gasteiger partial charge in [0, 0.05) is 5.56 Å². The molecule has 0 bridgehead atoms. The predicted octanol–water partition coefficient (Wildman–Crippen LogP) is 4.34. The van der Waals surface area contributed by atoms with Crippen molar-refractivity contribution in [3.05, 3.63) is 71.7 Å². The zero-order valence-corrected chi connectivity index (χ0v) is 16.9. The molecule has 0 radical (unpaired) electrons. The van der Waals surface area contributed by atoms with E-state index in [0.29, 0.717) is 29.7 Å². The van der Waals surface area contributed by atoms with E-state index in [1.165, 1.54) is 17.2 Å². The summed E-state index contributed by atoms with van der Waals surface area (Å²) >= 11 is 0. The van der Waals surface area contributed by atoms with Gasteiger partial charge in [-0.2, -0.15) is 0 Å². The summed E-state index contributed by atoms with van der Waals surface area (Å²) in [5, 5.41) is 4.52. The van der Waals surface area contributed by atoms with E-state index in [2.05, 4.69) is 30.2 Å². The Bertz CT molecular complexity index is 1060. The van der Waals surface area contributed by atoms with Crippen molar-refractivity contribution in [1.82, 2.24) is 9.97 Å². The van der Waals surface area contributed by atoms with Crippen molar-refractivity contribution in [2.24, 2.45) is 0 Å². The smallest absolute Gasteiger partial charge is 0.183 e. The Morgan fingerprint density at radius 1 is 1.23 bits per heavy atom. The molecule has 2 heterocycles. The van der Waals surface area contributed by atoms with Crippen LogP contribution in [0.15, 0.2) is 54.7 Å². The van der Waals surface area contributed by atoms with Crippen LogP contribution in [0.5, 0.6) is 0 Å². The summed E-state index contributed by atoms with van der Waals surface area (Å²) in [4.78, 5) is 26.6. The average molecular weight is 406 g/mol. The van der Waals surface area contributed by atoms with Crippen molar-refractivity contribution in [1.29, 1.82) is 0 Å². The Morgan fingerprint density at radius 2 is 2.07 bits per heavy atom. The van der Waals surface area contributed by atoms with E-state index in [0.717, 1.165) is 23.0 Å². The second kappa shape index (κ2) is 8.59. The van der Waals surface area contributed by atoms with Crippen molar-refractivity contribution in [3.8, 4) is 11.4 Å². The molecular weight excluding hydrogens is 383 g/mol.